The van der Waals surface area contributed by atoms with Crippen LogP contribution in [-0.4, -0.2) is 41.6 Å². The Hall–Kier alpha value is -1.29. The molecule has 2 heterocycles. The van der Waals surface area contributed by atoms with Crippen LogP contribution in [-0.2, 0) is 0 Å². The monoisotopic (exact) mass is 275 g/mol. The lowest BCUT2D eigenvalue weighted by Gasteiger charge is -2.29. The van der Waals surface area contributed by atoms with Crippen molar-refractivity contribution in [3.63, 3.8) is 0 Å². The lowest BCUT2D eigenvalue weighted by Crippen LogP contribution is -2.38. The Morgan fingerprint density at radius 3 is 2.70 bits per heavy atom. The largest absolute Gasteiger partial charge is 0.340 e. The van der Waals surface area contributed by atoms with E-state index in [-0.39, 0.29) is 5.91 Å². The average Bonchev–Trinajstić information content (AvgIpc) is 3.22. The minimum absolute atomic E-state index is 0.174. The molecule has 2 aliphatic rings. The molecule has 2 fully saturated rings. The third kappa shape index (κ3) is 2.62. The summed E-state index contributed by atoms with van der Waals surface area (Å²) in [6.07, 6.45) is 6.83. The van der Waals surface area contributed by atoms with Crippen molar-refractivity contribution in [3.05, 3.63) is 24.0 Å². The van der Waals surface area contributed by atoms with Gasteiger partial charge in [0.05, 0.1) is 0 Å². The SMILES string of the molecule is CC(C1CC1)N(C)C(=O)c1cccn1C1CCNCC1. The fourth-order valence-electron chi connectivity index (χ4n) is 3.24. The quantitative estimate of drug-likeness (QED) is 0.915. The molecule has 1 saturated carbocycles. The molecule has 110 valence electrons. The zero-order valence-electron chi connectivity index (χ0n) is 12.5. The third-order valence-corrected chi connectivity index (χ3v) is 4.94. The van der Waals surface area contributed by atoms with Crippen molar-refractivity contribution >= 4 is 5.91 Å². The molecule has 1 aliphatic heterocycles. The first-order valence-electron chi connectivity index (χ1n) is 7.83. The highest BCUT2D eigenvalue weighted by molar-refractivity contribution is 5.92. The number of nitrogens with zero attached hydrogens (tertiary/aromatic N) is 2. The second-order valence-corrected chi connectivity index (χ2v) is 6.28. The molecule has 1 saturated heterocycles. The lowest BCUT2D eigenvalue weighted by atomic mass is 10.1. The Kier molecular flexibility index (Phi) is 3.83. The number of carbonyl (C=O) groups is 1. The van der Waals surface area contributed by atoms with Crippen LogP contribution in [0, 0.1) is 5.92 Å². The molecule has 1 unspecified atom stereocenters. The van der Waals surface area contributed by atoms with Crippen LogP contribution in [0.25, 0.3) is 0 Å². The fourth-order valence-corrected chi connectivity index (χ4v) is 3.24. The summed E-state index contributed by atoms with van der Waals surface area (Å²) in [7, 11) is 1.95. The summed E-state index contributed by atoms with van der Waals surface area (Å²) in [6, 6.07) is 4.81. The first-order chi connectivity index (χ1) is 9.68. The van der Waals surface area contributed by atoms with E-state index in [0.29, 0.717) is 18.0 Å². The Morgan fingerprint density at radius 1 is 1.35 bits per heavy atom. The molecule has 1 atom stereocenters. The van der Waals surface area contributed by atoms with Gasteiger partial charge in [-0.15, -0.1) is 0 Å². The van der Waals surface area contributed by atoms with Gasteiger partial charge >= 0.3 is 0 Å². The van der Waals surface area contributed by atoms with Crippen LogP contribution in [0.1, 0.15) is 49.1 Å². The van der Waals surface area contributed by atoms with Crippen LogP contribution in [0.4, 0.5) is 0 Å². The van der Waals surface area contributed by atoms with Crippen molar-refractivity contribution in [2.24, 2.45) is 5.92 Å². The Balaban J connectivity index is 1.75. The van der Waals surface area contributed by atoms with Gasteiger partial charge in [0.15, 0.2) is 0 Å². The van der Waals surface area contributed by atoms with E-state index in [1.54, 1.807) is 0 Å². The minimum atomic E-state index is 0.174. The molecule has 1 N–H and O–H groups in total. The van der Waals surface area contributed by atoms with Gasteiger partial charge in [0.25, 0.3) is 5.91 Å². The standard InChI is InChI=1S/C16H25N3O/c1-12(13-5-6-13)18(2)16(20)15-4-3-11-19(15)14-7-9-17-10-8-14/h3-4,11-14,17H,5-10H2,1-2H3. The minimum Gasteiger partial charge on any atom is -0.340 e. The predicted molar refractivity (Wildman–Crippen MR) is 79.9 cm³/mol. The van der Waals surface area contributed by atoms with Crippen molar-refractivity contribution in [1.82, 2.24) is 14.8 Å². The number of amides is 1. The molecule has 0 bridgehead atoms. The van der Waals surface area contributed by atoms with E-state index in [0.717, 1.165) is 31.6 Å². The van der Waals surface area contributed by atoms with E-state index >= 15 is 0 Å². The van der Waals surface area contributed by atoms with Crippen molar-refractivity contribution in [2.45, 2.75) is 44.7 Å². The van der Waals surface area contributed by atoms with Gasteiger partial charge in [-0.2, -0.15) is 0 Å². The molecule has 0 aromatic carbocycles. The van der Waals surface area contributed by atoms with E-state index in [9.17, 15) is 4.79 Å². The van der Waals surface area contributed by atoms with Crippen LogP contribution < -0.4 is 5.32 Å². The predicted octanol–water partition coefficient (Wildman–Crippen LogP) is 2.28. The number of hydrogen-bond donors (Lipinski definition) is 1. The summed E-state index contributed by atoms with van der Waals surface area (Å²) in [5.74, 6) is 0.888. The van der Waals surface area contributed by atoms with Crippen LogP contribution >= 0.6 is 0 Å². The summed E-state index contributed by atoms with van der Waals surface area (Å²) in [5, 5.41) is 3.38. The maximum Gasteiger partial charge on any atom is 0.270 e. The number of aromatic nitrogens is 1. The van der Waals surface area contributed by atoms with Gasteiger partial charge < -0.3 is 14.8 Å². The molecular weight excluding hydrogens is 250 g/mol. The summed E-state index contributed by atoms with van der Waals surface area (Å²) < 4.78 is 2.19. The second-order valence-electron chi connectivity index (χ2n) is 6.28. The summed E-state index contributed by atoms with van der Waals surface area (Å²) in [6.45, 7) is 4.27. The molecule has 1 amide bonds. The molecule has 1 aromatic heterocycles. The maximum atomic E-state index is 12.7. The number of piperidine rings is 1. The van der Waals surface area contributed by atoms with Gasteiger partial charge in [-0.25, -0.2) is 0 Å². The summed E-state index contributed by atoms with van der Waals surface area (Å²) >= 11 is 0. The number of rotatable bonds is 4. The molecule has 4 heteroatoms. The van der Waals surface area contributed by atoms with E-state index < -0.39 is 0 Å². The van der Waals surface area contributed by atoms with E-state index in [2.05, 4.69) is 23.0 Å². The average molecular weight is 275 g/mol. The molecule has 20 heavy (non-hydrogen) atoms. The Bertz CT molecular complexity index is 472. The first-order valence-corrected chi connectivity index (χ1v) is 7.83. The Morgan fingerprint density at radius 2 is 2.05 bits per heavy atom. The third-order valence-electron chi connectivity index (χ3n) is 4.94. The highest BCUT2D eigenvalue weighted by Crippen LogP contribution is 2.35. The van der Waals surface area contributed by atoms with Crippen molar-refractivity contribution in [3.8, 4) is 0 Å². The lowest BCUT2D eigenvalue weighted by molar-refractivity contribution is 0.0712. The van der Waals surface area contributed by atoms with E-state index in [4.69, 9.17) is 0 Å². The normalized spacial score (nSPS) is 21.7. The fraction of sp³-hybridized carbons (Fsp3) is 0.688. The van der Waals surface area contributed by atoms with Crippen molar-refractivity contribution in [1.29, 1.82) is 0 Å². The maximum absolute atomic E-state index is 12.7. The van der Waals surface area contributed by atoms with Gasteiger partial charge in [-0.05, 0) is 63.7 Å². The molecule has 4 nitrogen and oxygen atoms in total. The van der Waals surface area contributed by atoms with E-state index in [1.807, 2.05) is 24.1 Å². The second kappa shape index (κ2) is 5.60. The highest BCUT2D eigenvalue weighted by Gasteiger charge is 2.33. The van der Waals surface area contributed by atoms with Crippen LogP contribution in [0.2, 0.25) is 0 Å². The first kappa shape index (κ1) is 13.7. The highest BCUT2D eigenvalue weighted by atomic mass is 16.2. The van der Waals surface area contributed by atoms with Crippen molar-refractivity contribution in [2.75, 3.05) is 20.1 Å². The molecular formula is C16H25N3O. The van der Waals surface area contributed by atoms with Gasteiger partial charge in [0.2, 0.25) is 0 Å². The number of carbonyl (C=O) groups excluding carboxylic acids is 1. The van der Waals surface area contributed by atoms with E-state index in [1.165, 1.54) is 12.8 Å². The van der Waals surface area contributed by atoms with Gasteiger partial charge in [-0.1, -0.05) is 0 Å². The zero-order chi connectivity index (χ0) is 14.1. The molecule has 1 aromatic rings. The van der Waals surface area contributed by atoms with Gasteiger partial charge in [0, 0.05) is 25.3 Å². The summed E-state index contributed by atoms with van der Waals surface area (Å²) in [4.78, 5) is 14.7. The van der Waals surface area contributed by atoms with Crippen LogP contribution in [0.3, 0.4) is 0 Å². The van der Waals surface area contributed by atoms with Crippen LogP contribution in [0.15, 0.2) is 18.3 Å². The molecule has 0 radical (unpaired) electrons. The Labute approximate surface area is 121 Å². The smallest absolute Gasteiger partial charge is 0.270 e. The van der Waals surface area contributed by atoms with Gasteiger partial charge in [-0.3, -0.25) is 4.79 Å². The molecule has 0 spiro atoms. The number of hydrogen-bond acceptors (Lipinski definition) is 2. The summed E-state index contributed by atoms with van der Waals surface area (Å²) in [5.41, 5.74) is 0.854. The topological polar surface area (TPSA) is 37.3 Å². The molecule has 1 aliphatic carbocycles. The number of nitrogens with one attached hydrogen (secondary N) is 1. The van der Waals surface area contributed by atoms with Crippen LogP contribution in [0.5, 0.6) is 0 Å². The molecule has 3 rings (SSSR count). The van der Waals surface area contributed by atoms with Crippen molar-refractivity contribution < 1.29 is 4.79 Å². The zero-order valence-corrected chi connectivity index (χ0v) is 12.5. The van der Waals surface area contributed by atoms with Gasteiger partial charge in [0.1, 0.15) is 5.69 Å².